The third-order valence-corrected chi connectivity index (χ3v) is 1.57. The van der Waals surface area contributed by atoms with Crippen LogP contribution in [0, 0.1) is 0 Å². The minimum absolute atomic E-state index is 0.578. The Labute approximate surface area is 73.6 Å². The molecule has 0 aliphatic heterocycles. The Morgan fingerprint density at radius 3 is 2.25 bits per heavy atom. The molecule has 1 N–H and O–H groups in total. The first kappa shape index (κ1) is 11.1. The van der Waals surface area contributed by atoms with Crippen LogP contribution >= 0.6 is 0 Å². The molecule has 70 valence electrons. The molecule has 0 aliphatic carbocycles. The molecule has 0 aromatic carbocycles. The molecule has 12 heavy (non-hydrogen) atoms. The standard InChI is InChI=1S/C8H17N3O/c1-7(8(2)10-12)9-5-6-11(3)4/h12H,5-6H2,1-4H3/b9-7?,10-8+. The summed E-state index contributed by atoms with van der Waals surface area (Å²) >= 11 is 0. The highest BCUT2D eigenvalue weighted by atomic mass is 16.4. The maximum Gasteiger partial charge on any atom is 0.0971 e. The number of nitrogens with zero attached hydrogens (tertiary/aromatic N) is 3. The van der Waals surface area contributed by atoms with E-state index < -0.39 is 0 Å². The average molecular weight is 171 g/mol. The maximum atomic E-state index is 8.41. The minimum atomic E-state index is 0.578. The first-order valence-corrected chi connectivity index (χ1v) is 3.92. The predicted octanol–water partition coefficient (Wildman–Crippen LogP) is 0.859. The van der Waals surface area contributed by atoms with Gasteiger partial charge in [0.15, 0.2) is 0 Å². The molecule has 0 aliphatic rings. The lowest BCUT2D eigenvalue weighted by Crippen LogP contribution is -2.17. The van der Waals surface area contributed by atoms with E-state index in [4.69, 9.17) is 5.21 Å². The number of hydrogen-bond donors (Lipinski definition) is 1. The monoisotopic (exact) mass is 171 g/mol. The minimum Gasteiger partial charge on any atom is -0.411 e. The van der Waals surface area contributed by atoms with Crippen LogP contribution in [0.3, 0.4) is 0 Å². The van der Waals surface area contributed by atoms with Crippen molar-refractivity contribution in [3.8, 4) is 0 Å². The van der Waals surface area contributed by atoms with Gasteiger partial charge in [0.05, 0.1) is 18.0 Å². The highest BCUT2D eigenvalue weighted by Crippen LogP contribution is 1.84. The Morgan fingerprint density at radius 2 is 1.83 bits per heavy atom. The molecule has 0 bridgehead atoms. The normalized spacial score (nSPS) is 14.1. The van der Waals surface area contributed by atoms with Crippen molar-refractivity contribution < 1.29 is 5.21 Å². The molecule has 0 atom stereocenters. The summed E-state index contributed by atoms with van der Waals surface area (Å²) in [5.41, 5.74) is 1.37. The zero-order valence-electron chi connectivity index (χ0n) is 8.20. The average Bonchev–Trinajstić information content (AvgIpc) is 2.02. The van der Waals surface area contributed by atoms with Crippen molar-refractivity contribution in [2.24, 2.45) is 10.1 Å². The van der Waals surface area contributed by atoms with Crippen LogP contribution in [0.2, 0.25) is 0 Å². The summed E-state index contributed by atoms with van der Waals surface area (Å²) in [6, 6.07) is 0. The van der Waals surface area contributed by atoms with Crippen molar-refractivity contribution in [1.29, 1.82) is 0 Å². The number of aliphatic imine (C=N–C) groups is 1. The van der Waals surface area contributed by atoms with Crippen LogP contribution in [0.15, 0.2) is 10.1 Å². The van der Waals surface area contributed by atoms with Crippen LogP contribution in [0.5, 0.6) is 0 Å². The van der Waals surface area contributed by atoms with Crippen LogP contribution in [0.25, 0.3) is 0 Å². The second kappa shape index (κ2) is 5.71. The predicted molar refractivity (Wildman–Crippen MR) is 51.4 cm³/mol. The van der Waals surface area contributed by atoms with Gasteiger partial charge in [0.25, 0.3) is 0 Å². The van der Waals surface area contributed by atoms with Gasteiger partial charge in [-0.25, -0.2) is 0 Å². The molecular weight excluding hydrogens is 154 g/mol. The third-order valence-electron chi connectivity index (χ3n) is 1.57. The fourth-order valence-electron chi connectivity index (χ4n) is 0.604. The lowest BCUT2D eigenvalue weighted by atomic mass is 10.3. The van der Waals surface area contributed by atoms with Crippen LogP contribution in [-0.2, 0) is 0 Å². The molecule has 0 spiro atoms. The first-order chi connectivity index (χ1) is 5.57. The Bertz CT molecular complexity index is 185. The van der Waals surface area contributed by atoms with Gasteiger partial charge >= 0.3 is 0 Å². The van der Waals surface area contributed by atoms with E-state index in [9.17, 15) is 0 Å². The highest BCUT2D eigenvalue weighted by molar-refractivity contribution is 6.40. The summed E-state index contributed by atoms with van der Waals surface area (Å²) in [7, 11) is 4.00. The van der Waals surface area contributed by atoms with Gasteiger partial charge in [-0.3, -0.25) is 4.99 Å². The second-order valence-electron chi connectivity index (χ2n) is 2.96. The van der Waals surface area contributed by atoms with Gasteiger partial charge in [-0.15, -0.1) is 0 Å². The van der Waals surface area contributed by atoms with Crippen molar-refractivity contribution in [2.45, 2.75) is 13.8 Å². The lowest BCUT2D eigenvalue weighted by molar-refractivity contribution is 0.320. The van der Waals surface area contributed by atoms with Crippen molar-refractivity contribution in [3.63, 3.8) is 0 Å². The van der Waals surface area contributed by atoms with Crippen molar-refractivity contribution >= 4 is 11.4 Å². The van der Waals surface area contributed by atoms with E-state index in [-0.39, 0.29) is 0 Å². The Morgan fingerprint density at radius 1 is 1.25 bits per heavy atom. The van der Waals surface area contributed by atoms with E-state index in [1.54, 1.807) is 6.92 Å². The van der Waals surface area contributed by atoms with Crippen LogP contribution < -0.4 is 0 Å². The van der Waals surface area contributed by atoms with Crippen molar-refractivity contribution in [2.75, 3.05) is 27.2 Å². The molecule has 0 saturated heterocycles. The van der Waals surface area contributed by atoms with Gasteiger partial charge in [-0.1, -0.05) is 5.16 Å². The molecule has 0 unspecified atom stereocenters. The molecule has 0 saturated carbocycles. The molecule has 0 heterocycles. The van der Waals surface area contributed by atoms with E-state index in [0.29, 0.717) is 5.71 Å². The lowest BCUT2D eigenvalue weighted by Gasteiger charge is -2.06. The van der Waals surface area contributed by atoms with E-state index in [1.807, 2.05) is 21.0 Å². The van der Waals surface area contributed by atoms with Crippen molar-refractivity contribution in [3.05, 3.63) is 0 Å². The van der Waals surface area contributed by atoms with Crippen LogP contribution in [0.1, 0.15) is 13.8 Å². The van der Waals surface area contributed by atoms with Gasteiger partial charge in [-0.05, 0) is 27.9 Å². The smallest absolute Gasteiger partial charge is 0.0971 e. The molecule has 0 aromatic heterocycles. The van der Waals surface area contributed by atoms with Gasteiger partial charge in [0.2, 0.25) is 0 Å². The molecule has 0 amide bonds. The topological polar surface area (TPSA) is 48.2 Å². The quantitative estimate of drug-likeness (QED) is 0.387. The third kappa shape index (κ3) is 4.85. The highest BCUT2D eigenvalue weighted by Gasteiger charge is 1.95. The SMILES string of the molecule is CC(=NCCN(C)C)/C(C)=N/O. The zero-order chi connectivity index (χ0) is 9.56. The van der Waals surface area contributed by atoms with E-state index >= 15 is 0 Å². The fourth-order valence-corrected chi connectivity index (χ4v) is 0.604. The van der Waals surface area contributed by atoms with Crippen LogP contribution in [0.4, 0.5) is 0 Å². The maximum absolute atomic E-state index is 8.41. The van der Waals surface area contributed by atoms with Crippen LogP contribution in [-0.4, -0.2) is 48.7 Å². The summed E-state index contributed by atoms with van der Waals surface area (Å²) in [5, 5.41) is 11.5. The Kier molecular flexibility index (Phi) is 5.28. The van der Waals surface area contributed by atoms with E-state index in [2.05, 4.69) is 15.0 Å². The summed E-state index contributed by atoms with van der Waals surface area (Å²) in [4.78, 5) is 6.28. The zero-order valence-corrected chi connectivity index (χ0v) is 8.20. The Balaban J connectivity index is 3.85. The van der Waals surface area contributed by atoms with E-state index in [0.717, 1.165) is 18.8 Å². The Hall–Kier alpha value is -0.900. The fraction of sp³-hybridized carbons (Fsp3) is 0.750. The number of likely N-dealkylation sites (N-methyl/N-ethyl adjacent to an activating group) is 1. The largest absolute Gasteiger partial charge is 0.411 e. The summed E-state index contributed by atoms with van der Waals surface area (Å²) in [6.45, 7) is 5.22. The van der Waals surface area contributed by atoms with E-state index in [1.165, 1.54) is 0 Å². The summed E-state index contributed by atoms with van der Waals surface area (Å²) < 4.78 is 0. The van der Waals surface area contributed by atoms with Gasteiger partial charge in [0.1, 0.15) is 0 Å². The van der Waals surface area contributed by atoms with Crippen molar-refractivity contribution in [1.82, 2.24) is 4.90 Å². The molecule has 0 fully saturated rings. The molecule has 0 rings (SSSR count). The molecule has 4 heteroatoms. The second-order valence-corrected chi connectivity index (χ2v) is 2.96. The summed E-state index contributed by atoms with van der Waals surface area (Å²) in [6.07, 6.45) is 0. The molecule has 4 nitrogen and oxygen atoms in total. The number of oxime groups is 1. The molecule has 0 radical (unpaired) electrons. The number of hydrogen-bond acceptors (Lipinski definition) is 4. The molecule has 0 aromatic rings. The first-order valence-electron chi connectivity index (χ1n) is 3.92. The van der Waals surface area contributed by atoms with Gasteiger partial charge in [-0.2, -0.15) is 0 Å². The number of rotatable bonds is 4. The molecular formula is C8H17N3O. The summed E-state index contributed by atoms with van der Waals surface area (Å²) in [5.74, 6) is 0. The van der Waals surface area contributed by atoms with Gasteiger partial charge in [0, 0.05) is 6.54 Å². The van der Waals surface area contributed by atoms with Gasteiger partial charge < -0.3 is 10.1 Å².